The molecule has 16 heavy (non-hydrogen) atoms. The Morgan fingerprint density at radius 1 is 1.19 bits per heavy atom. The number of hydrogen-bond acceptors (Lipinski definition) is 4. The maximum absolute atomic E-state index is 5.79. The van der Waals surface area contributed by atoms with Gasteiger partial charge in [0, 0.05) is 5.56 Å². The first kappa shape index (κ1) is 11.2. The fourth-order valence-electron chi connectivity index (χ4n) is 1.67. The minimum Gasteiger partial charge on any atom is -0.322 e. The van der Waals surface area contributed by atoms with Gasteiger partial charge in [-0.15, -0.1) is 10.2 Å². The van der Waals surface area contributed by atoms with E-state index < -0.39 is 0 Å². The molecule has 4 heteroatoms. The van der Waals surface area contributed by atoms with Gasteiger partial charge in [0.1, 0.15) is 10.0 Å². The molecule has 84 valence electrons. The van der Waals surface area contributed by atoms with Crippen molar-refractivity contribution in [3.8, 4) is 10.6 Å². The largest absolute Gasteiger partial charge is 0.322 e. The highest BCUT2D eigenvalue weighted by atomic mass is 32.1. The third-order valence-corrected chi connectivity index (χ3v) is 3.67. The standard InChI is InChI=1S/C12H15N3S/c1-7-5-4-6-8(2)10(7)12-15-14-11(16-12)9(3)13/h4-6,9H,13H2,1-3H3. The molecule has 2 N–H and O–H groups in total. The summed E-state index contributed by atoms with van der Waals surface area (Å²) in [6, 6.07) is 6.20. The molecule has 0 aliphatic carbocycles. The van der Waals surface area contributed by atoms with Crippen molar-refractivity contribution in [2.75, 3.05) is 0 Å². The molecule has 0 fully saturated rings. The van der Waals surface area contributed by atoms with Gasteiger partial charge in [-0.2, -0.15) is 0 Å². The fourth-order valence-corrected chi connectivity index (χ4v) is 2.64. The normalized spacial score (nSPS) is 12.8. The molecule has 1 atom stereocenters. The summed E-state index contributed by atoms with van der Waals surface area (Å²) in [5, 5.41) is 10.2. The Bertz CT molecular complexity index is 482. The Morgan fingerprint density at radius 3 is 2.31 bits per heavy atom. The van der Waals surface area contributed by atoms with Gasteiger partial charge in [-0.25, -0.2) is 0 Å². The van der Waals surface area contributed by atoms with E-state index in [1.54, 1.807) is 11.3 Å². The second-order valence-corrected chi connectivity index (χ2v) is 5.01. The van der Waals surface area contributed by atoms with Crippen molar-refractivity contribution in [3.63, 3.8) is 0 Å². The number of rotatable bonds is 2. The third-order valence-electron chi connectivity index (χ3n) is 2.53. The van der Waals surface area contributed by atoms with E-state index in [-0.39, 0.29) is 6.04 Å². The zero-order valence-electron chi connectivity index (χ0n) is 9.69. The number of benzene rings is 1. The van der Waals surface area contributed by atoms with Crippen molar-refractivity contribution >= 4 is 11.3 Å². The van der Waals surface area contributed by atoms with Gasteiger partial charge in [0.05, 0.1) is 6.04 Å². The van der Waals surface area contributed by atoms with Crippen molar-refractivity contribution in [2.24, 2.45) is 5.73 Å². The Hall–Kier alpha value is -1.26. The molecule has 3 nitrogen and oxygen atoms in total. The van der Waals surface area contributed by atoms with E-state index in [4.69, 9.17) is 5.73 Å². The predicted octanol–water partition coefficient (Wildman–Crippen LogP) is 2.84. The molecule has 1 aromatic carbocycles. The lowest BCUT2D eigenvalue weighted by atomic mass is 10.0. The molecule has 2 aromatic rings. The molecular weight excluding hydrogens is 218 g/mol. The van der Waals surface area contributed by atoms with Crippen molar-refractivity contribution in [1.82, 2.24) is 10.2 Å². The number of hydrogen-bond donors (Lipinski definition) is 1. The molecule has 0 aliphatic heterocycles. The van der Waals surface area contributed by atoms with Gasteiger partial charge in [-0.3, -0.25) is 0 Å². The van der Waals surface area contributed by atoms with E-state index >= 15 is 0 Å². The van der Waals surface area contributed by atoms with Crippen LogP contribution in [0.2, 0.25) is 0 Å². The molecule has 0 radical (unpaired) electrons. The topological polar surface area (TPSA) is 51.8 Å². The Kier molecular flexibility index (Phi) is 3.03. The monoisotopic (exact) mass is 233 g/mol. The average molecular weight is 233 g/mol. The van der Waals surface area contributed by atoms with Crippen molar-refractivity contribution in [1.29, 1.82) is 0 Å². The minimum absolute atomic E-state index is 0.0458. The summed E-state index contributed by atoms with van der Waals surface area (Å²) in [7, 11) is 0. The highest BCUT2D eigenvalue weighted by molar-refractivity contribution is 7.14. The number of aromatic nitrogens is 2. The molecule has 0 amide bonds. The lowest BCUT2D eigenvalue weighted by Crippen LogP contribution is -2.03. The van der Waals surface area contributed by atoms with Crippen LogP contribution in [0.15, 0.2) is 18.2 Å². The Balaban J connectivity index is 2.50. The number of nitrogens with two attached hydrogens (primary N) is 1. The molecule has 0 saturated carbocycles. The van der Waals surface area contributed by atoms with Crippen LogP contribution in [0.25, 0.3) is 10.6 Å². The van der Waals surface area contributed by atoms with Crippen LogP contribution < -0.4 is 5.73 Å². The molecule has 0 aliphatic rings. The number of aryl methyl sites for hydroxylation is 2. The molecular formula is C12H15N3S. The quantitative estimate of drug-likeness (QED) is 0.867. The smallest absolute Gasteiger partial charge is 0.148 e. The molecule has 1 aromatic heterocycles. The zero-order chi connectivity index (χ0) is 11.7. The first-order valence-corrected chi connectivity index (χ1v) is 6.07. The van der Waals surface area contributed by atoms with Crippen molar-refractivity contribution < 1.29 is 0 Å². The molecule has 0 saturated heterocycles. The van der Waals surface area contributed by atoms with E-state index in [1.807, 2.05) is 6.92 Å². The van der Waals surface area contributed by atoms with E-state index in [2.05, 4.69) is 42.2 Å². The van der Waals surface area contributed by atoms with Crippen molar-refractivity contribution in [3.05, 3.63) is 34.3 Å². The average Bonchev–Trinajstić information content (AvgIpc) is 2.66. The van der Waals surface area contributed by atoms with Crippen LogP contribution >= 0.6 is 11.3 Å². The van der Waals surface area contributed by atoms with Crippen molar-refractivity contribution in [2.45, 2.75) is 26.8 Å². The summed E-state index contributed by atoms with van der Waals surface area (Å²) in [6.45, 7) is 6.11. The molecule has 2 rings (SSSR count). The van der Waals surface area contributed by atoms with Gasteiger partial charge in [0.15, 0.2) is 0 Å². The lowest BCUT2D eigenvalue weighted by molar-refractivity contribution is 0.786. The first-order valence-electron chi connectivity index (χ1n) is 5.25. The van der Waals surface area contributed by atoms with Gasteiger partial charge < -0.3 is 5.73 Å². The summed E-state index contributed by atoms with van der Waals surface area (Å²) < 4.78 is 0. The maximum atomic E-state index is 5.79. The zero-order valence-corrected chi connectivity index (χ0v) is 10.5. The Morgan fingerprint density at radius 2 is 1.81 bits per heavy atom. The second-order valence-electron chi connectivity index (χ2n) is 4.00. The van der Waals surface area contributed by atoms with Gasteiger partial charge >= 0.3 is 0 Å². The number of nitrogens with zero attached hydrogens (tertiary/aromatic N) is 2. The van der Waals surface area contributed by atoms with Crippen LogP contribution in [0.1, 0.15) is 29.1 Å². The van der Waals surface area contributed by atoms with Crippen LogP contribution in [0, 0.1) is 13.8 Å². The predicted molar refractivity (Wildman–Crippen MR) is 67.4 cm³/mol. The van der Waals surface area contributed by atoms with E-state index in [1.165, 1.54) is 16.7 Å². The van der Waals surface area contributed by atoms with Gasteiger partial charge in [0.25, 0.3) is 0 Å². The molecule has 1 heterocycles. The van der Waals surface area contributed by atoms with Crippen LogP contribution in [0.4, 0.5) is 0 Å². The summed E-state index contributed by atoms with van der Waals surface area (Å²) in [5.74, 6) is 0. The van der Waals surface area contributed by atoms with Gasteiger partial charge in [-0.1, -0.05) is 29.5 Å². The third kappa shape index (κ3) is 1.99. The highest BCUT2D eigenvalue weighted by Gasteiger charge is 2.12. The van der Waals surface area contributed by atoms with E-state index in [9.17, 15) is 0 Å². The summed E-state index contributed by atoms with van der Waals surface area (Å²) in [5.41, 5.74) is 9.43. The van der Waals surface area contributed by atoms with Crippen LogP contribution in [-0.4, -0.2) is 10.2 Å². The summed E-state index contributed by atoms with van der Waals surface area (Å²) in [4.78, 5) is 0. The molecule has 0 spiro atoms. The first-order chi connectivity index (χ1) is 7.59. The molecule has 0 bridgehead atoms. The minimum atomic E-state index is -0.0458. The SMILES string of the molecule is Cc1cccc(C)c1-c1nnc(C(C)N)s1. The van der Waals surface area contributed by atoms with Crippen LogP contribution in [0.5, 0.6) is 0 Å². The van der Waals surface area contributed by atoms with Gasteiger partial charge in [-0.05, 0) is 31.9 Å². The highest BCUT2D eigenvalue weighted by Crippen LogP contribution is 2.30. The fraction of sp³-hybridized carbons (Fsp3) is 0.333. The van der Waals surface area contributed by atoms with Gasteiger partial charge in [0.2, 0.25) is 0 Å². The van der Waals surface area contributed by atoms with E-state index in [0.717, 1.165) is 10.0 Å². The van der Waals surface area contributed by atoms with Crippen LogP contribution in [-0.2, 0) is 0 Å². The second kappa shape index (κ2) is 4.31. The summed E-state index contributed by atoms with van der Waals surface area (Å²) >= 11 is 1.58. The Labute approximate surface area is 99.3 Å². The lowest BCUT2D eigenvalue weighted by Gasteiger charge is -2.04. The maximum Gasteiger partial charge on any atom is 0.148 e. The molecule has 1 unspecified atom stereocenters. The van der Waals surface area contributed by atoms with E-state index in [0.29, 0.717) is 0 Å². The summed E-state index contributed by atoms with van der Waals surface area (Å²) in [6.07, 6.45) is 0. The van der Waals surface area contributed by atoms with Crippen LogP contribution in [0.3, 0.4) is 0 Å².